The van der Waals surface area contributed by atoms with Crippen molar-refractivity contribution in [2.45, 2.75) is 52.9 Å². The van der Waals surface area contributed by atoms with Crippen LogP contribution in [0.25, 0.3) is 0 Å². The molecule has 0 saturated heterocycles. The highest BCUT2D eigenvalue weighted by atomic mass is 16.5. The molecule has 0 amide bonds. The minimum absolute atomic E-state index is 0.165. The lowest BCUT2D eigenvalue weighted by atomic mass is 10.3. The van der Waals surface area contributed by atoms with Crippen molar-refractivity contribution in [1.29, 1.82) is 0 Å². The number of nitrogens with zero attached hydrogens (tertiary/aromatic N) is 1. The quantitative estimate of drug-likeness (QED) is 0.516. The zero-order valence-electron chi connectivity index (χ0n) is 13.2. The highest BCUT2D eigenvalue weighted by Crippen LogP contribution is 2.00. The van der Waals surface area contributed by atoms with E-state index in [0.29, 0.717) is 39.1 Å². The lowest BCUT2D eigenvalue weighted by Gasteiger charge is -2.20. The van der Waals surface area contributed by atoms with Crippen molar-refractivity contribution in [1.82, 2.24) is 4.90 Å². The Kier molecular flexibility index (Phi) is 12.2. The van der Waals surface area contributed by atoms with Gasteiger partial charge < -0.3 is 14.4 Å². The van der Waals surface area contributed by atoms with E-state index >= 15 is 0 Å². The van der Waals surface area contributed by atoms with Gasteiger partial charge in [-0.2, -0.15) is 0 Å². The van der Waals surface area contributed by atoms with Gasteiger partial charge in [0.15, 0.2) is 0 Å². The van der Waals surface area contributed by atoms with Gasteiger partial charge in [-0.1, -0.05) is 20.8 Å². The average Bonchev–Trinajstić information content (AvgIpc) is 2.45. The highest BCUT2D eigenvalue weighted by molar-refractivity contribution is 5.70. The molecule has 0 aromatic heterocycles. The van der Waals surface area contributed by atoms with Crippen LogP contribution in [0.3, 0.4) is 0 Å². The summed E-state index contributed by atoms with van der Waals surface area (Å²) >= 11 is 0. The molecule has 0 N–H and O–H groups in total. The smallest absolute Gasteiger partial charge is 0.307 e. The summed E-state index contributed by atoms with van der Waals surface area (Å²) in [4.78, 5) is 25.0. The van der Waals surface area contributed by atoms with Gasteiger partial charge in [-0.3, -0.25) is 9.59 Å². The van der Waals surface area contributed by atoms with E-state index < -0.39 is 0 Å². The molecule has 0 fully saturated rings. The second-order valence-electron chi connectivity index (χ2n) is 4.78. The van der Waals surface area contributed by atoms with Crippen molar-refractivity contribution < 1.29 is 19.1 Å². The van der Waals surface area contributed by atoms with Crippen molar-refractivity contribution in [3.05, 3.63) is 0 Å². The molecular weight excluding hydrogens is 258 g/mol. The van der Waals surface area contributed by atoms with Gasteiger partial charge >= 0.3 is 11.9 Å². The Morgan fingerprint density at radius 1 is 0.750 bits per heavy atom. The maximum atomic E-state index is 11.4. The Labute approximate surface area is 122 Å². The third-order valence-corrected chi connectivity index (χ3v) is 2.74. The van der Waals surface area contributed by atoms with Gasteiger partial charge in [-0.25, -0.2) is 0 Å². The van der Waals surface area contributed by atoms with Gasteiger partial charge in [0.05, 0.1) is 26.1 Å². The molecule has 0 saturated carbocycles. The molecule has 118 valence electrons. The number of hydrogen-bond acceptors (Lipinski definition) is 5. The number of ether oxygens (including phenoxy) is 2. The van der Waals surface area contributed by atoms with E-state index in [1.165, 1.54) is 0 Å². The first-order valence-electron chi connectivity index (χ1n) is 7.67. The number of carbonyl (C=O) groups is 2. The monoisotopic (exact) mass is 287 g/mol. The second kappa shape index (κ2) is 12.9. The molecule has 0 spiro atoms. The molecule has 0 aromatic carbocycles. The van der Waals surface area contributed by atoms with Crippen LogP contribution in [0.5, 0.6) is 0 Å². The first kappa shape index (κ1) is 18.9. The molecule has 20 heavy (non-hydrogen) atoms. The Morgan fingerprint density at radius 3 is 1.55 bits per heavy atom. The summed E-state index contributed by atoms with van der Waals surface area (Å²) in [6.45, 7) is 9.14. The molecule has 0 radical (unpaired) electrons. The fraction of sp³-hybridized carbons (Fsp3) is 0.867. The normalized spacial score (nSPS) is 10.6. The number of esters is 2. The Morgan fingerprint density at radius 2 is 1.20 bits per heavy atom. The van der Waals surface area contributed by atoms with Crippen LogP contribution >= 0.6 is 0 Å². The highest BCUT2D eigenvalue weighted by Gasteiger charge is 2.11. The van der Waals surface area contributed by atoms with Gasteiger partial charge in [0, 0.05) is 13.1 Å². The van der Waals surface area contributed by atoms with E-state index in [-0.39, 0.29) is 11.9 Å². The van der Waals surface area contributed by atoms with Crippen LogP contribution in [0.2, 0.25) is 0 Å². The fourth-order valence-corrected chi connectivity index (χ4v) is 1.73. The number of carbonyl (C=O) groups excluding carboxylic acids is 2. The summed E-state index contributed by atoms with van der Waals surface area (Å²) in [5, 5.41) is 0. The molecule has 0 aliphatic rings. The molecule has 0 atom stereocenters. The number of rotatable bonds is 12. The van der Waals surface area contributed by atoms with E-state index in [1.807, 2.05) is 13.8 Å². The maximum Gasteiger partial charge on any atom is 0.307 e. The van der Waals surface area contributed by atoms with E-state index in [1.54, 1.807) is 0 Å². The molecule has 0 unspecified atom stereocenters. The molecule has 5 heteroatoms. The average molecular weight is 287 g/mol. The fourth-order valence-electron chi connectivity index (χ4n) is 1.73. The SMILES string of the molecule is CCCOC(=O)CCN(CCC)CCC(=O)OCCC. The predicted molar refractivity (Wildman–Crippen MR) is 78.5 cm³/mol. The topological polar surface area (TPSA) is 55.8 Å². The lowest BCUT2D eigenvalue weighted by Crippen LogP contribution is -2.30. The van der Waals surface area contributed by atoms with Gasteiger partial charge in [-0.05, 0) is 25.8 Å². The third-order valence-electron chi connectivity index (χ3n) is 2.74. The maximum absolute atomic E-state index is 11.4. The zero-order valence-corrected chi connectivity index (χ0v) is 13.2. The molecule has 0 aliphatic heterocycles. The van der Waals surface area contributed by atoms with E-state index in [2.05, 4.69) is 11.8 Å². The van der Waals surface area contributed by atoms with Gasteiger partial charge in [-0.15, -0.1) is 0 Å². The lowest BCUT2D eigenvalue weighted by molar-refractivity contribution is -0.144. The van der Waals surface area contributed by atoms with E-state index in [0.717, 1.165) is 25.8 Å². The Balaban J connectivity index is 3.91. The first-order valence-corrected chi connectivity index (χ1v) is 7.67. The second-order valence-corrected chi connectivity index (χ2v) is 4.78. The van der Waals surface area contributed by atoms with Crippen molar-refractivity contribution in [3.8, 4) is 0 Å². The molecule has 0 aromatic rings. The summed E-state index contributed by atoms with van der Waals surface area (Å²) in [6.07, 6.45) is 3.43. The van der Waals surface area contributed by atoms with Crippen molar-refractivity contribution in [2.75, 3.05) is 32.8 Å². The van der Waals surface area contributed by atoms with Crippen LogP contribution < -0.4 is 0 Å². The van der Waals surface area contributed by atoms with Crippen molar-refractivity contribution in [2.24, 2.45) is 0 Å². The molecular formula is C15H29NO4. The van der Waals surface area contributed by atoms with Crippen LogP contribution in [-0.2, 0) is 19.1 Å². The van der Waals surface area contributed by atoms with Crippen LogP contribution in [0.1, 0.15) is 52.9 Å². The molecule has 0 aliphatic carbocycles. The van der Waals surface area contributed by atoms with E-state index in [9.17, 15) is 9.59 Å². The molecule has 0 bridgehead atoms. The largest absolute Gasteiger partial charge is 0.466 e. The Bertz CT molecular complexity index is 245. The van der Waals surface area contributed by atoms with Gasteiger partial charge in [0.2, 0.25) is 0 Å². The minimum atomic E-state index is -0.165. The summed E-state index contributed by atoms with van der Waals surface area (Å²) in [6, 6.07) is 0. The minimum Gasteiger partial charge on any atom is -0.466 e. The Hall–Kier alpha value is -1.10. The summed E-state index contributed by atoms with van der Waals surface area (Å²) in [5.74, 6) is -0.331. The van der Waals surface area contributed by atoms with Crippen LogP contribution in [0, 0.1) is 0 Å². The van der Waals surface area contributed by atoms with Crippen LogP contribution in [0.4, 0.5) is 0 Å². The summed E-state index contributed by atoms with van der Waals surface area (Å²) in [5.41, 5.74) is 0. The third kappa shape index (κ3) is 10.8. The standard InChI is InChI=1S/C15H29NO4/c1-4-9-16(10-7-14(17)19-12-5-2)11-8-15(18)20-13-6-3/h4-13H2,1-3H3. The van der Waals surface area contributed by atoms with Crippen LogP contribution in [-0.4, -0.2) is 49.7 Å². The van der Waals surface area contributed by atoms with Gasteiger partial charge in [0.1, 0.15) is 0 Å². The van der Waals surface area contributed by atoms with Crippen molar-refractivity contribution in [3.63, 3.8) is 0 Å². The number of hydrogen-bond donors (Lipinski definition) is 0. The summed E-state index contributed by atoms with van der Waals surface area (Å²) in [7, 11) is 0. The zero-order chi connectivity index (χ0) is 15.2. The van der Waals surface area contributed by atoms with Crippen molar-refractivity contribution >= 4 is 11.9 Å². The van der Waals surface area contributed by atoms with Gasteiger partial charge in [0.25, 0.3) is 0 Å². The molecule has 5 nitrogen and oxygen atoms in total. The molecule has 0 heterocycles. The first-order chi connectivity index (χ1) is 9.63. The van der Waals surface area contributed by atoms with E-state index in [4.69, 9.17) is 9.47 Å². The predicted octanol–water partition coefficient (Wildman–Crippen LogP) is 2.38. The van der Waals surface area contributed by atoms with Crippen LogP contribution in [0.15, 0.2) is 0 Å². The molecule has 0 rings (SSSR count). The summed E-state index contributed by atoms with van der Waals surface area (Å²) < 4.78 is 10.1.